The summed E-state index contributed by atoms with van der Waals surface area (Å²) < 4.78 is 38.6. The van der Waals surface area contributed by atoms with E-state index < -0.39 is 17.6 Å². The van der Waals surface area contributed by atoms with E-state index in [-0.39, 0.29) is 16.4 Å². The molecule has 0 bridgehead atoms. The first-order chi connectivity index (χ1) is 9.41. The van der Waals surface area contributed by atoms with Crippen molar-refractivity contribution in [3.63, 3.8) is 0 Å². The molecule has 0 fully saturated rings. The van der Waals surface area contributed by atoms with Gasteiger partial charge in [-0.1, -0.05) is 11.3 Å². The van der Waals surface area contributed by atoms with Crippen LogP contribution in [0.25, 0.3) is 0 Å². The Balaban J connectivity index is 2.31. The third-order valence-electron chi connectivity index (χ3n) is 2.44. The van der Waals surface area contributed by atoms with Gasteiger partial charge in [-0.25, -0.2) is 0 Å². The molecule has 0 saturated carbocycles. The summed E-state index contributed by atoms with van der Waals surface area (Å²) in [6, 6.07) is 3.30. The predicted octanol–water partition coefficient (Wildman–Crippen LogP) is 2.85. The second kappa shape index (κ2) is 5.45. The van der Waals surface area contributed by atoms with Crippen LogP contribution in [0.15, 0.2) is 23.7 Å². The second-order valence-corrected chi connectivity index (χ2v) is 4.54. The number of carbonyl (C=O) groups excluding carboxylic acids is 1. The molecule has 0 aliphatic heterocycles. The van der Waals surface area contributed by atoms with E-state index in [1.165, 1.54) is 24.7 Å². The minimum atomic E-state index is -4.54. The molecule has 0 saturated heterocycles. The fraction of sp³-hybridized carbons (Fsp3) is 0.182. The highest BCUT2D eigenvalue weighted by Crippen LogP contribution is 2.35. The van der Waals surface area contributed by atoms with Gasteiger partial charge in [-0.15, -0.1) is 10.2 Å². The summed E-state index contributed by atoms with van der Waals surface area (Å²) in [6.07, 6.45) is -4.54. The molecule has 0 radical (unpaired) electrons. The van der Waals surface area contributed by atoms with Crippen LogP contribution in [0.3, 0.4) is 0 Å². The van der Waals surface area contributed by atoms with Crippen LogP contribution in [-0.2, 0) is 6.18 Å². The number of carbonyl (C=O) groups is 1. The highest BCUT2D eigenvalue weighted by atomic mass is 32.1. The molecule has 1 amide bonds. The lowest BCUT2D eigenvalue weighted by Gasteiger charge is -2.13. The molecule has 0 unspecified atom stereocenters. The fourth-order valence-electron chi connectivity index (χ4n) is 1.53. The lowest BCUT2D eigenvalue weighted by molar-refractivity contribution is -0.136. The first-order valence-electron chi connectivity index (χ1n) is 5.38. The van der Waals surface area contributed by atoms with Gasteiger partial charge in [0.15, 0.2) is 0 Å². The van der Waals surface area contributed by atoms with Crippen LogP contribution in [0.5, 0.6) is 0 Å². The number of nitrogens with one attached hydrogen (secondary N) is 2. The lowest BCUT2D eigenvalue weighted by atomic mass is 10.1. The Bertz CT molecular complexity index is 613. The largest absolute Gasteiger partial charge is 0.418 e. The Morgan fingerprint density at radius 3 is 2.65 bits per heavy atom. The van der Waals surface area contributed by atoms with Crippen LogP contribution < -0.4 is 10.6 Å². The molecule has 9 heteroatoms. The summed E-state index contributed by atoms with van der Waals surface area (Å²) >= 11 is 1.07. The number of aromatic nitrogens is 2. The van der Waals surface area contributed by atoms with Gasteiger partial charge in [0.2, 0.25) is 5.13 Å². The van der Waals surface area contributed by atoms with Crippen molar-refractivity contribution in [2.24, 2.45) is 0 Å². The SMILES string of the molecule is CNc1ccc(C(=O)Nc2nncs2)cc1C(F)(F)F. The molecule has 5 nitrogen and oxygen atoms in total. The Morgan fingerprint density at radius 1 is 1.35 bits per heavy atom. The number of alkyl halides is 3. The number of nitrogens with zero attached hydrogens (tertiary/aromatic N) is 2. The van der Waals surface area contributed by atoms with E-state index in [1.54, 1.807) is 0 Å². The zero-order valence-electron chi connectivity index (χ0n) is 10.2. The van der Waals surface area contributed by atoms with Crippen molar-refractivity contribution in [2.75, 3.05) is 17.7 Å². The number of rotatable bonds is 3. The van der Waals surface area contributed by atoms with Gasteiger partial charge in [0.25, 0.3) is 5.91 Å². The van der Waals surface area contributed by atoms with E-state index in [1.807, 2.05) is 0 Å². The predicted molar refractivity (Wildman–Crippen MR) is 68.9 cm³/mol. The molecule has 1 aromatic carbocycles. The molecule has 2 aromatic rings. The molecule has 20 heavy (non-hydrogen) atoms. The zero-order valence-corrected chi connectivity index (χ0v) is 11.0. The number of benzene rings is 1. The van der Waals surface area contributed by atoms with E-state index in [2.05, 4.69) is 20.8 Å². The summed E-state index contributed by atoms with van der Waals surface area (Å²) in [4.78, 5) is 11.8. The summed E-state index contributed by atoms with van der Waals surface area (Å²) in [5.41, 5.74) is 0.308. The quantitative estimate of drug-likeness (QED) is 0.915. The Kier molecular flexibility index (Phi) is 3.89. The van der Waals surface area contributed by atoms with Crippen LogP contribution in [0.4, 0.5) is 24.0 Å². The molecule has 0 spiro atoms. The fourth-order valence-corrected chi connectivity index (χ4v) is 1.97. The topological polar surface area (TPSA) is 66.9 Å². The number of hydrogen-bond acceptors (Lipinski definition) is 5. The van der Waals surface area contributed by atoms with Gasteiger partial charge in [0.05, 0.1) is 5.56 Å². The molecular weight excluding hydrogens is 293 g/mol. The Morgan fingerprint density at radius 2 is 2.10 bits per heavy atom. The Labute approximate surface area is 115 Å². The van der Waals surface area contributed by atoms with Crippen molar-refractivity contribution in [3.05, 3.63) is 34.8 Å². The average molecular weight is 302 g/mol. The normalized spacial score (nSPS) is 11.2. The minimum Gasteiger partial charge on any atom is -0.388 e. The first kappa shape index (κ1) is 14.3. The summed E-state index contributed by atoms with van der Waals surface area (Å²) in [5.74, 6) is -0.671. The highest BCUT2D eigenvalue weighted by Gasteiger charge is 2.34. The smallest absolute Gasteiger partial charge is 0.388 e. The minimum absolute atomic E-state index is 0.0926. The van der Waals surface area contributed by atoms with Crippen LogP contribution in [-0.4, -0.2) is 23.2 Å². The van der Waals surface area contributed by atoms with Crippen LogP contribution >= 0.6 is 11.3 Å². The monoisotopic (exact) mass is 302 g/mol. The number of anilines is 2. The molecule has 2 rings (SSSR count). The van der Waals surface area contributed by atoms with Gasteiger partial charge in [0, 0.05) is 18.3 Å². The van der Waals surface area contributed by atoms with Crippen molar-refractivity contribution in [2.45, 2.75) is 6.18 Å². The molecule has 1 heterocycles. The third kappa shape index (κ3) is 3.05. The number of amides is 1. The van der Waals surface area contributed by atoms with Gasteiger partial charge in [0.1, 0.15) is 5.51 Å². The summed E-state index contributed by atoms with van der Waals surface area (Å²) in [5, 5.41) is 12.1. The van der Waals surface area contributed by atoms with Crippen molar-refractivity contribution in [3.8, 4) is 0 Å². The first-order valence-corrected chi connectivity index (χ1v) is 6.26. The standard InChI is InChI=1S/C11H9F3N4OS/c1-15-8-3-2-6(4-7(8)11(12,13)14)9(19)17-10-18-16-5-20-10/h2-5,15H,1H3,(H,17,18,19). The van der Waals surface area contributed by atoms with E-state index in [9.17, 15) is 18.0 Å². The van der Waals surface area contributed by atoms with Crippen molar-refractivity contribution < 1.29 is 18.0 Å². The van der Waals surface area contributed by atoms with Gasteiger partial charge in [-0.2, -0.15) is 13.2 Å². The summed E-state index contributed by atoms with van der Waals surface area (Å²) in [6.45, 7) is 0. The molecule has 2 N–H and O–H groups in total. The Hall–Kier alpha value is -2.16. The molecule has 0 atom stereocenters. The van der Waals surface area contributed by atoms with Crippen LogP contribution in [0, 0.1) is 0 Å². The van der Waals surface area contributed by atoms with E-state index >= 15 is 0 Å². The van der Waals surface area contributed by atoms with Gasteiger partial charge >= 0.3 is 6.18 Å². The lowest BCUT2D eigenvalue weighted by Crippen LogP contribution is -2.15. The molecule has 0 aliphatic rings. The van der Waals surface area contributed by atoms with Crippen molar-refractivity contribution in [1.82, 2.24) is 10.2 Å². The maximum absolute atomic E-state index is 12.9. The van der Waals surface area contributed by atoms with Crippen LogP contribution in [0.2, 0.25) is 0 Å². The van der Waals surface area contributed by atoms with E-state index in [0.29, 0.717) is 0 Å². The summed E-state index contributed by atoms with van der Waals surface area (Å²) in [7, 11) is 1.38. The van der Waals surface area contributed by atoms with Crippen molar-refractivity contribution >= 4 is 28.1 Å². The average Bonchev–Trinajstić information content (AvgIpc) is 2.89. The molecule has 1 aromatic heterocycles. The maximum Gasteiger partial charge on any atom is 0.418 e. The number of hydrogen-bond donors (Lipinski definition) is 2. The van der Waals surface area contributed by atoms with E-state index in [0.717, 1.165) is 17.4 Å². The van der Waals surface area contributed by atoms with Gasteiger partial charge in [-0.05, 0) is 18.2 Å². The molecular formula is C11H9F3N4OS. The maximum atomic E-state index is 12.9. The number of halogens is 3. The van der Waals surface area contributed by atoms with Gasteiger partial charge in [-0.3, -0.25) is 10.1 Å². The zero-order chi connectivity index (χ0) is 14.8. The molecule has 0 aliphatic carbocycles. The third-order valence-corrected chi connectivity index (χ3v) is 3.04. The second-order valence-electron chi connectivity index (χ2n) is 3.71. The molecule has 106 valence electrons. The van der Waals surface area contributed by atoms with Crippen molar-refractivity contribution in [1.29, 1.82) is 0 Å². The highest BCUT2D eigenvalue weighted by molar-refractivity contribution is 7.13. The van der Waals surface area contributed by atoms with Crippen LogP contribution in [0.1, 0.15) is 15.9 Å². The van der Waals surface area contributed by atoms with Gasteiger partial charge < -0.3 is 5.32 Å². The van der Waals surface area contributed by atoms with E-state index in [4.69, 9.17) is 0 Å².